The van der Waals surface area contributed by atoms with Crippen molar-refractivity contribution in [2.75, 3.05) is 33.3 Å². The Labute approximate surface area is 123 Å². The lowest BCUT2D eigenvalue weighted by Crippen LogP contribution is -2.60. The molecule has 0 aromatic heterocycles. The molecule has 0 amide bonds. The summed E-state index contributed by atoms with van der Waals surface area (Å²) < 4.78 is 0. The molecule has 116 valence electrons. The molecule has 3 unspecified atom stereocenters. The average Bonchev–Trinajstić information content (AvgIpc) is 3.23. The molecule has 3 fully saturated rings. The van der Waals surface area contributed by atoms with Gasteiger partial charge in [0.1, 0.15) is 0 Å². The monoisotopic (exact) mass is 281 g/mol. The predicted octanol–water partition coefficient (Wildman–Crippen LogP) is 1.05. The summed E-state index contributed by atoms with van der Waals surface area (Å²) in [6.45, 7) is 6.22. The van der Waals surface area contributed by atoms with Crippen molar-refractivity contribution in [3.63, 3.8) is 0 Å². The van der Waals surface area contributed by atoms with Crippen LogP contribution in [0.2, 0.25) is 0 Å². The van der Waals surface area contributed by atoms with Crippen molar-refractivity contribution in [3.8, 4) is 0 Å². The maximum absolute atomic E-state index is 9.95. The Balaban J connectivity index is 1.64. The van der Waals surface area contributed by atoms with E-state index in [1.54, 1.807) is 0 Å². The molecule has 2 saturated carbocycles. The van der Waals surface area contributed by atoms with E-state index in [-0.39, 0.29) is 5.54 Å². The van der Waals surface area contributed by atoms with E-state index < -0.39 is 0 Å². The van der Waals surface area contributed by atoms with Crippen LogP contribution in [0.4, 0.5) is 0 Å². The number of hydrogen-bond acceptors (Lipinski definition) is 4. The number of hydrogen-bond donors (Lipinski definition) is 2. The fourth-order valence-corrected chi connectivity index (χ4v) is 4.29. The molecule has 0 spiro atoms. The minimum atomic E-state index is 0.00710. The molecule has 20 heavy (non-hydrogen) atoms. The third-order valence-electron chi connectivity index (χ3n) is 5.56. The zero-order valence-electron chi connectivity index (χ0n) is 13.1. The Hall–Kier alpha value is -0.160. The van der Waals surface area contributed by atoms with Crippen molar-refractivity contribution in [3.05, 3.63) is 0 Å². The maximum Gasteiger partial charge on any atom is 0.0613 e. The molecule has 0 aromatic carbocycles. The summed E-state index contributed by atoms with van der Waals surface area (Å²) in [6.07, 6.45) is 7.45. The van der Waals surface area contributed by atoms with Crippen LogP contribution in [-0.4, -0.2) is 71.9 Å². The standard InChI is InChI=1S/C16H31N3O/c1-13-11-18(2)8-9-19(13)15-4-3-7-16(10-15,12-20)17-14-5-6-14/h13-15,17,20H,3-12H2,1-2H3. The summed E-state index contributed by atoms with van der Waals surface area (Å²) in [6, 6.07) is 1.99. The van der Waals surface area contributed by atoms with E-state index in [1.807, 2.05) is 0 Å². The molecule has 3 atom stereocenters. The maximum atomic E-state index is 9.95. The Morgan fingerprint density at radius 1 is 1.25 bits per heavy atom. The number of rotatable bonds is 4. The molecule has 2 aliphatic carbocycles. The minimum Gasteiger partial charge on any atom is -0.394 e. The molecule has 3 rings (SSSR count). The number of nitrogens with one attached hydrogen (secondary N) is 1. The molecule has 0 aromatic rings. The van der Waals surface area contributed by atoms with Crippen LogP contribution in [-0.2, 0) is 0 Å². The first kappa shape index (κ1) is 14.8. The average molecular weight is 281 g/mol. The van der Waals surface area contributed by atoms with E-state index in [1.165, 1.54) is 45.3 Å². The van der Waals surface area contributed by atoms with Crippen LogP contribution in [0.25, 0.3) is 0 Å². The van der Waals surface area contributed by atoms with Crippen molar-refractivity contribution in [1.29, 1.82) is 0 Å². The SMILES string of the molecule is CC1CN(C)CCN1C1CCCC(CO)(NC2CC2)C1. The molecule has 1 heterocycles. The van der Waals surface area contributed by atoms with Gasteiger partial charge in [-0.2, -0.15) is 0 Å². The summed E-state index contributed by atoms with van der Waals surface area (Å²) in [4.78, 5) is 5.14. The predicted molar refractivity (Wildman–Crippen MR) is 81.9 cm³/mol. The van der Waals surface area contributed by atoms with Crippen LogP contribution < -0.4 is 5.32 Å². The zero-order chi connectivity index (χ0) is 14.2. The number of likely N-dealkylation sites (N-methyl/N-ethyl adjacent to an activating group) is 1. The smallest absolute Gasteiger partial charge is 0.0613 e. The Kier molecular flexibility index (Phi) is 4.37. The van der Waals surface area contributed by atoms with Crippen LogP contribution in [0.15, 0.2) is 0 Å². The van der Waals surface area contributed by atoms with Gasteiger partial charge in [-0.1, -0.05) is 0 Å². The molecule has 4 heteroatoms. The van der Waals surface area contributed by atoms with Crippen molar-refractivity contribution in [2.24, 2.45) is 0 Å². The van der Waals surface area contributed by atoms with Crippen molar-refractivity contribution in [1.82, 2.24) is 15.1 Å². The quantitative estimate of drug-likeness (QED) is 0.808. The third kappa shape index (κ3) is 3.19. The molecule has 2 N–H and O–H groups in total. The summed E-state index contributed by atoms with van der Waals surface area (Å²) in [5.41, 5.74) is 0.00710. The topological polar surface area (TPSA) is 38.7 Å². The number of nitrogens with zero attached hydrogens (tertiary/aromatic N) is 2. The molecule has 1 aliphatic heterocycles. The number of piperazine rings is 1. The van der Waals surface area contributed by atoms with Gasteiger partial charge in [-0.25, -0.2) is 0 Å². The second-order valence-electron chi connectivity index (χ2n) is 7.46. The van der Waals surface area contributed by atoms with Gasteiger partial charge >= 0.3 is 0 Å². The minimum absolute atomic E-state index is 0.00710. The van der Waals surface area contributed by atoms with E-state index in [4.69, 9.17) is 0 Å². The summed E-state index contributed by atoms with van der Waals surface area (Å²) >= 11 is 0. The number of aliphatic hydroxyl groups excluding tert-OH is 1. The van der Waals surface area contributed by atoms with Crippen LogP contribution in [0.5, 0.6) is 0 Å². The Bertz CT molecular complexity index is 334. The molecule has 4 nitrogen and oxygen atoms in total. The lowest BCUT2D eigenvalue weighted by Gasteiger charge is -2.49. The van der Waals surface area contributed by atoms with E-state index in [2.05, 4.69) is 29.1 Å². The lowest BCUT2D eigenvalue weighted by atomic mass is 9.78. The molecular formula is C16H31N3O. The van der Waals surface area contributed by atoms with Crippen LogP contribution >= 0.6 is 0 Å². The molecule has 3 aliphatic rings. The van der Waals surface area contributed by atoms with Gasteiger partial charge in [-0.3, -0.25) is 4.90 Å². The molecule has 1 saturated heterocycles. The van der Waals surface area contributed by atoms with Crippen molar-refractivity contribution in [2.45, 2.75) is 69.1 Å². The van der Waals surface area contributed by atoms with Crippen molar-refractivity contribution >= 4 is 0 Å². The lowest BCUT2D eigenvalue weighted by molar-refractivity contribution is 0.00944. The fraction of sp³-hybridized carbons (Fsp3) is 1.00. The fourth-order valence-electron chi connectivity index (χ4n) is 4.29. The van der Waals surface area contributed by atoms with Gasteiger partial charge < -0.3 is 15.3 Å². The molecule has 0 radical (unpaired) electrons. The van der Waals surface area contributed by atoms with Gasteiger partial charge in [-0.05, 0) is 52.5 Å². The van der Waals surface area contributed by atoms with E-state index in [0.29, 0.717) is 24.7 Å². The zero-order valence-corrected chi connectivity index (χ0v) is 13.1. The van der Waals surface area contributed by atoms with Gasteiger partial charge in [0.15, 0.2) is 0 Å². The van der Waals surface area contributed by atoms with Crippen LogP contribution in [0.3, 0.4) is 0 Å². The second-order valence-corrected chi connectivity index (χ2v) is 7.46. The highest BCUT2D eigenvalue weighted by Gasteiger charge is 2.42. The molecule has 0 bridgehead atoms. The van der Waals surface area contributed by atoms with Gasteiger partial charge in [-0.15, -0.1) is 0 Å². The highest BCUT2D eigenvalue weighted by atomic mass is 16.3. The third-order valence-corrected chi connectivity index (χ3v) is 5.56. The van der Waals surface area contributed by atoms with E-state index >= 15 is 0 Å². The Morgan fingerprint density at radius 3 is 2.70 bits per heavy atom. The van der Waals surface area contributed by atoms with Crippen LogP contribution in [0, 0.1) is 0 Å². The normalized spacial score (nSPS) is 41.0. The van der Waals surface area contributed by atoms with Gasteiger partial charge in [0.05, 0.1) is 6.61 Å². The highest BCUT2D eigenvalue weighted by molar-refractivity contribution is 5.01. The van der Waals surface area contributed by atoms with Crippen LogP contribution in [0.1, 0.15) is 45.4 Å². The molecular weight excluding hydrogens is 250 g/mol. The van der Waals surface area contributed by atoms with Crippen molar-refractivity contribution < 1.29 is 5.11 Å². The second kappa shape index (κ2) is 5.91. The first-order valence-electron chi connectivity index (χ1n) is 8.45. The summed E-state index contributed by atoms with van der Waals surface area (Å²) in [5, 5.41) is 13.7. The summed E-state index contributed by atoms with van der Waals surface area (Å²) in [5.74, 6) is 0. The highest BCUT2D eigenvalue weighted by Crippen LogP contribution is 2.35. The van der Waals surface area contributed by atoms with Gasteiger partial charge in [0.25, 0.3) is 0 Å². The van der Waals surface area contributed by atoms with E-state index in [9.17, 15) is 5.11 Å². The first-order chi connectivity index (χ1) is 9.62. The van der Waals surface area contributed by atoms with Gasteiger partial charge in [0.2, 0.25) is 0 Å². The number of aliphatic hydroxyl groups is 1. The Morgan fingerprint density at radius 2 is 2.05 bits per heavy atom. The summed E-state index contributed by atoms with van der Waals surface area (Å²) in [7, 11) is 2.22. The first-order valence-corrected chi connectivity index (χ1v) is 8.45. The van der Waals surface area contributed by atoms with E-state index in [0.717, 1.165) is 12.8 Å². The van der Waals surface area contributed by atoms with Gasteiger partial charge in [0, 0.05) is 43.3 Å². The largest absolute Gasteiger partial charge is 0.394 e.